The molecule has 0 fully saturated rings. The molecule has 0 unspecified atom stereocenters. The lowest BCUT2D eigenvalue weighted by Gasteiger charge is -2.13. The largest absolute Gasteiger partial charge is 0.204 e. The predicted octanol–water partition coefficient (Wildman–Crippen LogP) is 6.45. The minimum Gasteiger partial charge on any atom is -0.204 e. The van der Waals surface area contributed by atoms with E-state index in [9.17, 15) is 8.78 Å². The zero-order valence-electron chi connectivity index (χ0n) is 12.8. The summed E-state index contributed by atoms with van der Waals surface area (Å²) in [6, 6.07) is 25.9. The highest BCUT2D eigenvalue weighted by Gasteiger charge is 2.14. The van der Waals surface area contributed by atoms with Gasteiger partial charge >= 0.3 is 0 Å². The molecule has 0 aliphatic carbocycles. The second-order valence-electron chi connectivity index (χ2n) is 5.68. The number of rotatable bonds is 2. The second kappa shape index (κ2) is 5.89. The third-order valence-corrected chi connectivity index (χ3v) is 4.23. The molecule has 0 aromatic heterocycles. The fourth-order valence-electron chi connectivity index (χ4n) is 3.14. The van der Waals surface area contributed by atoms with Crippen LogP contribution in [0.2, 0.25) is 0 Å². The van der Waals surface area contributed by atoms with Gasteiger partial charge < -0.3 is 0 Å². The monoisotopic (exact) mass is 316 g/mol. The molecule has 24 heavy (non-hydrogen) atoms. The van der Waals surface area contributed by atoms with Gasteiger partial charge in [0.1, 0.15) is 0 Å². The van der Waals surface area contributed by atoms with Gasteiger partial charge in [0.05, 0.1) is 0 Å². The molecule has 0 aliphatic heterocycles. The van der Waals surface area contributed by atoms with Crippen LogP contribution in [-0.2, 0) is 0 Å². The molecule has 4 aromatic carbocycles. The number of halogens is 2. The Kier molecular flexibility index (Phi) is 3.58. The summed E-state index contributed by atoms with van der Waals surface area (Å²) in [6.45, 7) is 0. The molecule has 4 rings (SSSR count). The van der Waals surface area contributed by atoms with Crippen molar-refractivity contribution < 1.29 is 8.78 Å². The van der Waals surface area contributed by atoms with Crippen LogP contribution in [0, 0.1) is 11.6 Å². The first-order chi connectivity index (χ1) is 11.8. The first-order valence-electron chi connectivity index (χ1n) is 7.77. The summed E-state index contributed by atoms with van der Waals surface area (Å²) in [7, 11) is 0. The van der Waals surface area contributed by atoms with Crippen molar-refractivity contribution >= 4 is 10.8 Å². The first-order valence-corrected chi connectivity index (χ1v) is 7.77. The molecule has 0 amide bonds. The van der Waals surface area contributed by atoms with Crippen LogP contribution in [0.5, 0.6) is 0 Å². The van der Waals surface area contributed by atoms with Crippen LogP contribution in [0.15, 0.2) is 84.9 Å². The molecular formula is C22H14F2. The summed E-state index contributed by atoms with van der Waals surface area (Å²) >= 11 is 0. The van der Waals surface area contributed by atoms with Crippen molar-refractivity contribution in [2.75, 3.05) is 0 Å². The normalized spacial score (nSPS) is 10.9. The molecular weight excluding hydrogens is 302 g/mol. The van der Waals surface area contributed by atoms with E-state index in [2.05, 4.69) is 0 Å². The first kappa shape index (κ1) is 14.6. The Morgan fingerprint density at radius 2 is 1.12 bits per heavy atom. The maximum atomic E-state index is 14.4. The molecule has 0 atom stereocenters. The summed E-state index contributed by atoms with van der Waals surface area (Å²) in [6.07, 6.45) is 0. The van der Waals surface area contributed by atoms with E-state index in [1.54, 1.807) is 6.07 Å². The lowest BCUT2D eigenvalue weighted by Crippen LogP contribution is -1.91. The topological polar surface area (TPSA) is 0 Å². The molecule has 116 valence electrons. The van der Waals surface area contributed by atoms with Gasteiger partial charge in [0.2, 0.25) is 0 Å². The average Bonchev–Trinajstić information content (AvgIpc) is 2.64. The van der Waals surface area contributed by atoms with E-state index < -0.39 is 11.6 Å². The standard InChI is InChI=1S/C22H14F2/c23-20-14-6-13-19(22(20)24)18-12-5-10-16-9-4-11-17(21(16)18)15-7-2-1-3-8-15/h1-14H. The van der Waals surface area contributed by atoms with Gasteiger partial charge in [0, 0.05) is 5.56 Å². The Morgan fingerprint density at radius 1 is 0.500 bits per heavy atom. The fourth-order valence-corrected chi connectivity index (χ4v) is 3.14. The quantitative estimate of drug-likeness (QED) is 0.398. The molecule has 0 saturated carbocycles. The zero-order chi connectivity index (χ0) is 16.5. The van der Waals surface area contributed by atoms with E-state index >= 15 is 0 Å². The predicted molar refractivity (Wildman–Crippen MR) is 94.7 cm³/mol. The maximum absolute atomic E-state index is 14.4. The minimum absolute atomic E-state index is 0.281. The molecule has 2 heteroatoms. The van der Waals surface area contributed by atoms with E-state index in [0.717, 1.165) is 28.0 Å². The third kappa shape index (κ3) is 2.37. The summed E-state index contributed by atoms with van der Waals surface area (Å²) in [5.74, 6) is -1.64. The van der Waals surface area contributed by atoms with Crippen LogP contribution in [0.25, 0.3) is 33.0 Å². The van der Waals surface area contributed by atoms with Gasteiger partial charge in [-0.1, -0.05) is 78.9 Å². The SMILES string of the molecule is Fc1cccc(-c2cccc3cccc(-c4ccccc4)c23)c1F. The van der Waals surface area contributed by atoms with Crippen LogP contribution < -0.4 is 0 Å². The van der Waals surface area contributed by atoms with Crippen LogP contribution in [0.3, 0.4) is 0 Å². The summed E-state index contributed by atoms with van der Waals surface area (Å²) in [5, 5.41) is 1.92. The van der Waals surface area contributed by atoms with Gasteiger partial charge in [-0.05, 0) is 33.5 Å². The van der Waals surface area contributed by atoms with Gasteiger partial charge in [-0.3, -0.25) is 0 Å². The Balaban J connectivity index is 2.09. The van der Waals surface area contributed by atoms with Crippen LogP contribution in [-0.4, -0.2) is 0 Å². The minimum atomic E-state index is -0.832. The van der Waals surface area contributed by atoms with Gasteiger partial charge in [-0.15, -0.1) is 0 Å². The smallest absolute Gasteiger partial charge is 0.166 e. The van der Waals surface area contributed by atoms with Crippen LogP contribution in [0.4, 0.5) is 8.78 Å². The van der Waals surface area contributed by atoms with Crippen molar-refractivity contribution in [3.63, 3.8) is 0 Å². The van der Waals surface area contributed by atoms with E-state index in [4.69, 9.17) is 0 Å². The second-order valence-corrected chi connectivity index (χ2v) is 5.68. The van der Waals surface area contributed by atoms with E-state index in [0.29, 0.717) is 5.56 Å². The summed E-state index contributed by atoms with van der Waals surface area (Å²) in [4.78, 5) is 0. The van der Waals surface area contributed by atoms with Crippen molar-refractivity contribution in [2.24, 2.45) is 0 Å². The van der Waals surface area contributed by atoms with Crippen molar-refractivity contribution in [1.29, 1.82) is 0 Å². The van der Waals surface area contributed by atoms with E-state index in [-0.39, 0.29) is 5.56 Å². The molecule has 0 aliphatic rings. The number of fused-ring (bicyclic) bond motifs is 1. The van der Waals surface area contributed by atoms with Crippen molar-refractivity contribution in [1.82, 2.24) is 0 Å². The summed E-state index contributed by atoms with van der Waals surface area (Å²) < 4.78 is 28.1. The van der Waals surface area contributed by atoms with Gasteiger partial charge in [0.15, 0.2) is 11.6 Å². The van der Waals surface area contributed by atoms with E-state index in [1.807, 2.05) is 66.7 Å². The average molecular weight is 316 g/mol. The van der Waals surface area contributed by atoms with Gasteiger partial charge in [-0.2, -0.15) is 0 Å². The van der Waals surface area contributed by atoms with Crippen molar-refractivity contribution in [3.8, 4) is 22.3 Å². The molecule has 0 bridgehead atoms. The van der Waals surface area contributed by atoms with Gasteiger partial charge in [-0.25, -0.2) is 8.78 Å². The molecule has 0 saturated heterocycles. The highest BCUT2D eigenvalue weighted by molar-refractivity contribution is 6.06. The Labute approximate surface area is 139 Å². The number of hydrogen-bond acceptors (Lipinski definition) is 0. The molecule has 0 spiro atoms. The number of benzene rings is 4. The highest BCUT2D eigenvalue weighted by atomic mass is 19.2. The van der Waals surface area contributed by atoms with E-state index in [1.165, 1.54) is 6.07 Å². The molecule has 0 heterocycles. The summed E-state index contributed by atoms with van der Waals surface area (Å²) in [5.41, 5.74) is 3.03. The van der Waals surface area contributed by atoms with Crippen molar-refractivity contribution in [3.05, 3.63) is 96.6 Å². The lowest BCUT2D eigenvalue weighted by atomic mass is 9.91. The Bertz CT molecular complexity index is 1020. The Morgan fingerprint density at radius 3 is 1.88 bits per heavy atom. The maximum Gasteiger partial charge on any atom is 0.166 e. The van der Waals surface area contributed by atoms with Crippen LogP contribution >= 0.6 is 0 Å². The van der Waals surface area contributed by atoms with Gasteiger partial charge in [0.25, 0.3) is 0 Å². The van der Waals surface area contributed by atoms with Crippen molar-refractivity contribution in [2.45, 2.75) is 0 Å². The number of hydrogen-bond donors (Lipinski definition) is 0. The fraction of sp³-hybridized carbons (Fsp3) is 0. The highest BCUT2D eigenvalue weighted by Crippen LogP contribution is 2.37. The molecule has 0 nitrogen and oxygen atoms in total. The Hall–Kier alpha value is -3.00. The molecule has 4 aromatic rings. The lowest BCUT2D eigenvalue weighted by molar-refractivity contribution is 0.511. The zero-order valence-corrected chi connectivity index (χ0v) is 12.8. The third-order valence-electron chi connectivity index (χ3n) is 4.23. The molecule has 0 N–H and O–H groups in total. The van der Waals surface area contributed by atoms with Crippen LogP contribution in [0.1, 0.15) is 0 Å². The molecule has 0 radical (unpaired) electrons.